The van der Waals surface area contributed by atoms with Crippen LogP contribution in [0.1, 0.15) is 19.4 Å². The lowest BCUT2D eigenvalue weighted by atomic mass is 9.86. The maximum absolute atomic E-state index is 13.4. The van der Waals surface area contributed by atoms with Crippen LogP contribution in [0.25, 0.3) is 0 Å². The van der Waals surface area contributed by atoms with E-state index in [0.29, 0.717) is 0 Å². The van der Waals surface area contributed by atoms with Crippen molar-refractivity contribution in [3.8, 4) is 0 Å². The molecule has 0 aromatic heterocycles. The number of benzene rings is 1. The molecule has 0 spiro atoms. The van der Waals surface area contributed by atoms with Gasteiger partial charge in [0, 0.05) is 5.56 Å². The van der Waals surface area contributed by atoms with Gasteiger partial charge in [-0.25, -0.2) is 8.78 Å². The molecule has 4 heteroatoms. The first-order chi connectivity index (χ1) is 6.44. The normalized spacial score (nSPS) is 17.9. The molecule has 1 aliphatic heterocycles. The summed E-state index contributed by atoms with van der Waals surface area (Å²) in [6.07, 6.45) is 0. The lowest BCUT2D eigenvalue weighted by Gasteiger charge is -2.15. The Kier molecular flexibility index (Phi) is 1.65. The minimum atomic E-state index is -0.998. The van der Waals surface area contributed by atoms with E-state index in [-0.39, 0.29) is 17.2 Å². The second kappa shape index (κ2) is 2.53. The molecule has 0 atom stereocenters. The van der Waals surface area contributed by atoms with E-state index in [2.05, 4.69) is 5.32 Å². The summed E-state index contributed by atoms with van der Waals surface area (Å²) in [5.74, 6) is -1.53. The Morgan fingerprint density at radius 2 is 1.79 bits per heavy atom. The number of rotatable bonds is 0. The van der Waals surface area contributed by atoms with E-state index in [9.17, 15) is 13.6 Å². The molecule has 2 nitrogen and oxygen atoms in total. The van der Waals surface area contributed by atoms with Gasteiger partial charge in [-0.1, -0.05) is 0 Å². The molecule has 0 unspecified atom stereocenters. The third-order valence-corrected chi connectivity index (χ3v) is 2.53. The highest BCUT2D eigenvalue weighted by Gasteiger charge is 2.42. The Hall–Kier alpha value is -1.45. The number of halogens is 2. The van der Waals surface area contributed by atoms with Crippen molar-refractivity contribution in [3.05, 3.63) is 29.3 Å². The van der Waals surface area contributed by atoms with Crippen molar-refractivity contribution in [3.63, 3.8) is 0 Å². The van der Waals surface area contributed by atoms with E-state index in [1.165, 1.54) is 0 Å². The van der Waals surface area contributed by atoms with Gasteiger partial charge in [-0.3, -0.25) is 4.79 Å². The largest absolute Gasteiger partial charge is 0.322 e. The van der Waals surface area contributed by atoms with E-state index in [0.717, 1.165) is 12.1 Å². The smallest absolute Gasteiger partial charge is 0.234 e. The van der Waals surface area contributed by atoms with E-state index < -0.39 is 17.0 Å². The van der Waals surface area contributed by atoms with Crippen molar-refractivity contribution in [2.24, 2.45) is 0 Å². The van der Waals surface area contributed by atoms with E-state index in [1.54, 1.807) is 13.8 Å². The molecule has 0 saturated carbocycles. The molecule has 1 aliphatic rings. The van der Waals surface area contributed by atoms with Crippen LogP contribution in [0.5, 0.6) is 0 Å². The summed E-state index contributed by atoms with van der Waals surface area (Å²) in [6, 6.07) is 2.05. The number of hydrogen-bond acceptors (Lipinski definition) is 1. The van der Waals surface area contributed by atoms with Crippen molar-refractivity contribution in [2.45, 2.75) is 19.3 Å². The fourth-order valence-corrected chi connectivity index (χ4v) is 1.67. The van der Waals surface area contributed by atoms with Crippen LogP contribution in [0, 0.1) is 11.6 Å². The Morgan fingerprint density at radius 1 is 1.21 bits per heavy atom. The van der Waals surface area contributed by atoms with Crippen LogP contribution in [0.2, 0.25) is 0 Å². The van der Waals surface area contributed by atoms with Crippen LogP contribution < -0.4 is 5.32 Å². The van der Waals surface area contributed by atoms with E-state index >= 15 is 0 Å². The Morgan fingerprint density at radius 3 is 2.36 bits per heavy atom. The Balaban J connectivity index is 2.76. The van der Waals surface area contributed by atoms with Crippen LogP contribution in [0.15, 0.2) is 12.1 Å². The molecule has 0 bridgehead atoms. The standard InChI is InChI=1S/C10H9F2NO/c1-10(2)7-5(11)3-4-6(12)8(7)13-9(10)14/h3-4H,1-2H3,(H,13,14). The van der Waals surface area contributed by atoms with Crippen LogP contribution in [-0.4, -0.2) is 5.91 Å². The molecule has 1 N–H and O–H groups in total. The van der Waals surface area contributed by atoms with Gasteiger partial charge < -0.3 is 5.32 Å². The minimum absolute atomic E-state index is 0.0278. The number of carbonyl (C=O) groups is 1. The summed E-state index contributed by atoms with van der Waals surface area (Å²) in [5, 5.41) is 2.34. The first-order valence-corrected chi connectivity index (χ1v) is 4.24. The molecule has 0 saturated heterocycles. The third-order valence-electron chi connectivity index (χ3n) is 2.53. The number of hydrogen-bond donors (Lipinski definition) is 1. The zero-order valence-electron chi connectivity index (χ0n) is 7.82. The van der Waals surface area contributed by atoms with Gasteiger partial charge in [0.15, 0.2) is 0 Å². The minimum Gasteiger partial charge on any atom is -0.322 e. The molecule has 1 aromatic rings. The summed E-state index contributed by atoms with van der Waals surface area (Å²) in [7, 11) is 0. The fraction of sp³-hybridized carbons (Fsp3) is 0.300. The number of carbonyl (C=O) groups excluding carboxylic acids is 1. The van der Waals surface area contributed by atoms with Crippen LogP contribution in [0.3, 0.4) is 0 Å². The average Bonchev–Trinajstić information content (AvgIpc) is 2.33. The molecule has 14 heavy (non-hydrogen) atoms. The van der Waals surface area contributed by atoms with Gasteiger partial charge in [0.25, 0.3) is 0 Å². The molecular formula is C10H9F2NO. The molecule has 0 radical (unpaired) electrons. The quantitative estimate of drug-likeness (QED) is 0.678. The molecule has 0 aliphatic carbocycles. The molecular weight excluding hydrogens is 188 g/mol. The van der Waals surface area contributed by atoms with Crippen molar-refractivity contribution in [1.29, 1.82) is 0 Å². The van der Waals surface area contributed by atoms with Crippen LogP contribution in [-0.2, 0) is 10.2 Å². The van der Waals surface area contributed by atoms with Gasteiger partial charge in [0.2, 0.25) is 5.91 Å². The summed E-state index contributed by atoms with van der Waals surface area (Å²) in [4.78, 5) is 11.4. The SMILES string of the molecule is CC1(C)C(=O)Nc2c(F)ccc(F)c21. The van der Waals surface area contributed by atoms with Gasteiger partial charge in [0.05, 0.1) is 11.1 Å². The third kappa shape index (κ3) is 0.967. The fourth-order valence-electron chi connectivity index (χ4n) is 1.67. The van der Waals surface area contributed by atoms with Crippen molar-refractivity contribution >= 4 is 11.6 Å². The Bertz CT molecular complexity index is 426. The van der Waals surface area contributed by atoms with Gasteiger partial charge in [-0.15, -0.1) is 0 Å². The maximum Gasteiger partial charge on any atom is 0.234 e. The molecule has 2 rings (SSSR count). The molecule has 1 amide bonds. The number of amides is 1. The summed E-state index contributed by atoms with van der Waals surface area (Å²) >= 11 is 0. The van der Waals surface area contributed by atoms with Gasteiger partial charge in [-0.2, -0.15) is 0 Å². The van der Waals surface area contributed by atoms with Gasteiger partial charge in [0.1, 0.15) is 11.6 Å². The maximum atomic E-state index is 13.4. The van der Waals surface area contributed by atoms with Crippen molar-refractivity contribution in [2.75, 3.05) is 5.32 Å². The van der Waals surface area contributed by atoms with Gasteiger partial charge in [-0.05, 0) is 26.0 Å². The molecule has 0 fully saturated rings. The highest BCUT2D eigenvalue weighted by atomic mass is 19.1. The van der Waals surface area contributed by atoms with E-state index in [1.807, 2.05) is 0 Å². The molecule has 74 valence electrons. The highest BCUT2D eigenvalue weighted by Crippen LogP contribution is 2.40. The second-order valence-electron chi connectivity index (χ2n) is 3.86. The number of anilines is 1. The highest BCUT2D eigenvalue weighted by molar-refractivity contribution is 6.05. The van der Waals surface area contributed by atoms with Crippen molar-refractivity contribution < 1.29 is 13.6 Å². The topological polar surface area (TPSA) is 29.1 Å². The second-order valence-corrected chi connectivity index (χ2v) is 3.86. The van der Waals surface area contributed by atoms with Crippen LogP contribution in [0.4, 0.5) is 14.5 Å². The average molecular weight is 197 g/mol. The van der Waals surface area contributed by atoms with Crippen molar-refractivity contribution in [1.82, 2.24) is 0 Å². The predicted molar refractivity (Wildman–Crippen MR) is 48.0 cm³/mol. The summed E-state index contributed by atoms with van der Waals surface area (Å²) in [5.41, 5.74) is -0.913. The molecule has 1 aromatic carbocycles. The monoisotopic (exact) mass is 197 g/mol. The number of nitrogens with one attached hydrogen (secondary N) is 1. The number of fused-ring (bicyclic) bond motifs is 1. The van der Waals surface area contributed by atoms with Gasteiger partial charge >= 0.3 is 0 Å². The lowest BCUT2D eigenvalue weighted by molar-refractivity contribution is -0.119. The molecule has 1 heterocycles. The lowest BCUT2D eigenvalue weighted by Crippen LogP contribution is -2.27. The van der Waals surface area contributed by atoms with Crippen LogP contribution >= 0.6 is 0 Å². The Labute approximate surface area is 79.9 Å². The first kappa shape index (κ1) is 9.12. The van der Waals surface area contributed by atoms with E-state index in [4.69, 9.17) is 0 Å². The summed E-state index contributed by atoms with van der Waals surface area (Å²) < 4.78 is 26.6. The predicted octanol–water partition coefficient (Wildman–Crippen LogP) is 2.19. The first-order valence-electron chi connectivity index (χ1n) is 4.24. The zero-order chi connectivity index (χ0) is 10.5. The zero-order valence-corrected chi connectivity index (χ0v) is 7.82. The summed E-state index contributed by atoms with van der Waals surface area (Å²) in [6.45, 7) is 3.13.